The zero-order valence-electron chi connectivity index (χ0n) is 10.5. The average molecular weight is 360 g/mol. The third-order valence-electron chi connectivity index (χ3n) is 2.40. The van der Waals surface area contributed by atoms with Crippen molar-refractivity contribution in [1.82, 2.24) is 0 Å². The van der Waals surface area contributed by atoms with Crippen molar-refractivity contribution < 1.29 is 22.7 Å². The highest BCUT2D eigenvalue weighted by molar-refractivity contribution is 9.10. The van der Waals surface area contributed by atoms with Crippen molar-refractivity contribution in [2.45, 2.75) is 0 Å². The quantitative estimate of drug-likeness (QED) is 0.899. The first kappa shape index (κ1) is 15.4. The number of rotatable bonds is 4. The third kappa shape index (κ3) is 4.49. The van der Waals surface area contributed by atoms with Crippen LogP contribution in [-0.2, 0) is 4.79 Å². The molecule has 21 heavy (non-hydrogen) atoms. The number of nitrogens with one attached hydrogen (secondary N) is 1. The number of amides is 1. The number of hydrogen-bond donors (Lipinski definition) is 1. The van der Waals surface area contributed by atoms with E-state index in [0.29, 0.717) is 10.5 Å². The molecular weight excluding hydrogens is 351 g/mol. The van der Waals surface area contributed by atoms with Crippen molar-refractivity contribution in [3.63, 3.8) is 0 Å². The smallest absolute Gasteiger partial charge is 0.262 e. The minimum atomic E-state index is -0.815. The van der Waals surface area contributed by atoms with E-state index < -0.39 is 30.0 Å². The molecule has 0 fully saturated rings. The topological polar surface area (TPSA) is 38.3 Å². The van der Waals surface area contributed by atoms with Crippen LogP contribution in [0.1, 0.15) is 0 Å². The first-order valence-corrected chi connectivity index (χ1v) is 6.57. The van der Waals surface area contributed by atoms with Crippen molar-refractivity contribution in [3.05, 3.63) is 58.3 Å². The summed E-state index contributed by atoms with van der Waals surface area (Å²) in [5, 5.41) is 2.25. The van der Waals surface area contributed by atoms with E-state index >= 15 is 0 Å². The van der Waals surface area contributed by atoms with Crippen molar-refractivity contribution in [3.8, 4) is 5.75 Å². The summed E-state index contributed by atoms with van der Waals surface area (Å²) in [6.45, 7) is -0.489. The van der Waals surface area contributed by atoms with Gasteiger partial charge >= 0.3 is 0 Å². The van der Waals surface area contributed by atoms with Gasteiger partial charge in [-0.05, 0) is 30.3 Å². The Kier molecular flexibility index (Phi) is 4.85. The lowest BCUT2D eigenvalue weighted by Gasteiger charge is -2.08. The second-order valence-corrected chi connectivity index (χ2v) is 4.99. The van der Waals surface area contributed by atoms with Gasteiger partial charge in [-0.2, -0.15) is 0 Å². The zero-order valence-corrected chi connectivity index (χ0v) is 12.1. The van der Waals surface area contributed by atoms with Gasteiger partial charge in [-0.25, -0.2) is 13.2 Å². The normalized spacial score (nSPS) is 10.3. The summed E-state index contributed by atoms with van der Waals surface area (Å²) in [6, 6.07) is 6.70. The average Bonchev–Trinajstić information content (AvgIpc) is 2.36. The van der Waals surface area contributed by atoms with Crippen molar-refractivity contribution in [2.75, 3.05) is 11.9 Å². The monoisotopic (exact) mass is 359 g/mol. The molecule has 3 nitrogen and oxygen atoms in total. The number of ether oxygens (including phenoxy) is 1. The van der Waals surface area contributed by atoms with Gasteiger partial charge in [0.2, 0.25) is 0 Å². The molecule has 0 bridgehead atoms. The van der Waals surface area contributed by atoms with Gasteiger partial charge in [0.1, 0.15) is 11.6 Å². The number of hydrogen-bond acceptors (Lipinski definition) is 2. The molecule has 2 aromatic rings. The Hall–Kier alpha value is -2.02. The van der Waals surface area contributed by atoms with Gasteiger partial charge < -0.3 is 10.1 Å². The van der Waals surface area contributed by atoms with Crippen LogP contribution in [0.15, 0.2) is 40.9 Å². The first-order valence-electron chi connectivity index (χ1n) is 5.78. The molecule has 1 amide bonds. The van der Waals surface area contributed by atoms with Crippen LogP contribution in [-0.4, -0.2) is 12.5 Å². The molecule has 0 aromatic heterocycles. The van der Waals surface area contributed by atoms with Crippen LogP contribution in [0.5, 0.6) is 5.75 Å². The van der Waals surface area contributed by atoms with Gasteiger partial charge in [0.05, 0.1) is 0 Å². The molecule has 1 N–H and O–H groups in total. The van der Waals surface area contributed by atoms with Crippen LogP contribution in [0, 0.1) is 17.5 Å². The second kappa shape index (κ2) is 6.62. The molecule has 0 aliphatic heterocycles. The Morgan fingerprint density at radius 1 is 1.10 bits per heavy atom. The maximum atomic E-state index is 13.4. The summed E-state index contributed by atoms with van der Waals surface area (Å²) in [6.07, 6.45) is 0. The van der Waals surface area contributed by atoms with E-state index in [-0.39, 0.29) is 11.4 Å². The Labute approximate surface area is 126 Å². The highest BCUT2D eigenvalue weighted by Crippen LogP contribution is 2.21. The summed E-state index contributed by atoms with van der Waals surface area (Å²) < 4.78 is 44.9. The molecule has 0 spiro atoms. The summed E-state index contributed by atoms with van der Waals surface area (Å²) in [5.74, 6) is -3.02. The maximum Gasteiger partial charge on any atom is 0.262 e. The lowest BCUT2D eigenvalue weighted by Crippen LogP contribution is -2.20. The third-order valence-corrected chi connectivity index (χ3v) is 2.89. The van der Waals surface area contributed by atoms with E-state index in [4.69, 9.17) is 4.74 Å². The Bertz CT molecular complexity index is 659. The van der Waals surface area contributed by atoms with Crippen LogP contribution in [0.3, 0.4) is 0 Å². The number of halogens is 4. The van der Waals surface area contributed by atoms with E-state index in [1.165, 1.54) is 12.1 Å². The molecule has 110 valence electrons. The number of benzene rings is 2. The molecule has 0 saturated carbocycles. The van der Waals surface area contributed by atoms with Crippen molar-refractivity contribution >= 4 is 27.5 Å². The second-order valence-electron chi connectivity index (χ2n) is 4.07. The van der Waals surface area contributed by atoms with Crippen LogP contribution in [0.2, 0.25) is 0 Å². The molecule has 0 saturated heterocycles. The summed E-state index contributed by atoms with van der Waals surface area (Å²) in [7, 11) is 0. The Morgan fingerprint density at radius 2 is 1.76 bits per heavy atom. The van der Waals surface area contributed by atoms with Gasteiger partial charge in [0.25, 0.3) is 5.91 Å². The van der Waals surface area contributed by atoms with Gasteiger partial charge in [0.15, 0.2) is 18.2 Å². The fourth-order valence-electron chi connectivity index (χ4n) is 1.56. The Balaban J connectivity index is 1.95. The summed E-state index contributed by atoms with van der Waals surface area (Å²) >= 11 is 3.09. The van der Waals surface area contributed by atoms with E-state index in [1.54, 1.807) is 6.07 Å². The first-order chi connectivity index (χ1) is 9.94. The van der Waals surface area contributed by atoms with E-state index in [2.05, 4.69) is 21.2 Å². The van der Waals surface area contributed by atoms with Gasteiger partial charge in [-0.15, -0.1) is 0 Å². The molecule has 0 aliphatic rings. The largest absolute Gasteiger partial charge is 0.481 e. The van der Waals surface area contributed by atoms with Gasteiger partial charge in [0, 0.05) is 16.2 Å². The molecule has 2 rings (SSSR count). The fourth-order valence-corrected chi connectivity index (χ4v) is 1.89. The summed E-state index contributed by atoms with van der Waals surface area (Å²) in [5.41, 5.74) is -0.0441. The SMILES string of the molecule is O=C(COc1ccc(Br)cc1F)Nc1cc(F)cc(F)c1. The highest BCUT2D eigenvalue weighted by atomic mass is 79.9. The fraction of sp³-hybridized carbons (Fsp3) is 0.0714. The predicted octanol–water partition coefficient (Wildman–Crippen LogP) is 3.88. The molecule has 0 aliphatic carbocycles. The number of carbonyl (C=O) groups is 1. The van der Waals surface area contributed by atoms with Gasteiger partial charge in [-0.1, -0.05) is 15.9 Å². The molecule has 0 atom stereocenters. The number of anilines is 1. The zero-order chi connectivity index (χ0) is 15.4. The van der Waals surface area contributed by atoms with Crippen LogP contribution < -0.4 is 10.1 Å². The van der Waals surface area contributed by atoms with Crippen molar-refractivity contribution in [1.29, 1.82) is 0 Å². The van der Waals surface area contributed by atoms with E-state index in [1.807, 2.05) is 0 Å². The predicted molar refractivity (Wildman–Crippen MR) is 74.6 cm³/mol. The van der Waals surface area contributed by atoms with Crippen LogP contribution >= 0.6 is 15.9 Å². The van der Waals surface area contributed by atoms with Crippen LogP contribution in [0.25, 0.3) is 0 Å². The minimum absolute atomic E-state index is 0.0441. The molecule has 2 aromatic carbocycles. The summed E-state index contributed by atoms with van der Waals surface area (Å²) in [4.78, 5) is 11.6. The standard InChI is InChI=1S/C14H9BrF3NO2/c15-8-1-2-13(12(18)3-8)21-7-14(20)19-11-5-9(16)4-10(17)6-11/h1-6H,7H2,(H,19,20). The molecular formula is C14H9BrF3NO2. The highest BCUT2D eigenvalue weighted by Gasteiger charge is 2.09. The van der Waals surface area contributed by atoms with Crippen molar-refractivity contribution in [2.24, 2.45) is 0 Å². The molecule has 7 heteroatoms. The van der Waals surface area contributed by atoms with E-state index in [9.17, 15) is 18.0 Å². The Morgan fingerprint density at radius 3 is 2.38 bits per heavy atom. The maximum absolute atomic E-state index is 13.4. The van der Waals surface area contributed by atoms with Crippen LogP contribution in [0.4, 0.5) is 18.9 Å². The lowest BCUT2D eigenvalue weighted by atomic mass is 10.3. The van der Waals surface area contributed by atoms with E-state index in [0.717, 1.165) is 12.1 Å². The molecule has 0 unspecified atom stereocenters. The number of carbonyl (C=O) groups excluding carboxylic acids is 1. The molecule has 0 heterocycles. The lowest BCUT2D eigenvalue weighted by molar-refractivity contribution is -0.118. The minimum Gasteiger partial charge on any atom is -0.481 e. The van der Waals surface area contributed by atoms with Gasteiger partial charge in [-0.3, -0.25) is 4.79 Å². The molecule has 0 radical (unpaired) electrons.